The minimum Gasteiger partial charge on any atom is -0.396 e. The number of amides is 1. The molecule has 0 spiro atoms. The molecule has 0 saturated heterocycles. The van der Waals surface area contributed by atoms with Crippen molar-refractivity contribution in [1.29, 1.82) is 0 Å². The van der Waals surface area contributed by atoms with Gasteiger partial charge in [0.05, 0.1) is 11.2 Å². The molecule has 1 amide bonds. The zero-order chi connectivity index (χ0) is 14.6. The quantitative estimate of drug-likeness (QED) is 0.869. The van der Waals surface area contributed by atoms with Crippen molar-refractivity contribution in [2.24, 2.45) is 0 Å². The summed E-state index contributed by atoms with van der Waals surface area (Å²) in [6, 6.07) is 0. The molecule has 19 heavy (non-hydrogen) atoms. The van der Waals surface area contributed by atoms with E-state index in [0.29, 0.717) is 12.2 Å². The highest BCUT2D eigenvalue weighted by Crippen LogP contribution is 2.17. The topological polar surface area (TPSA) is 75.1 Å². The maximum atomic E-state index is 12.2. The fourth-order valence-electron chi connectivity index (χ4n) is 1.53. The number of nitrogens with one attached hydrogen (secondary N) is 1. The van der Waals surface area contributed by atoms with E-state index in [1.807, 2.05) is 27.7 Å². The monoisotopic (exact) mass is 285 g/mol. The van der Waals surface area contributed by atoms with Gasteiger partial charge in [0.25, 0.3) is 5.91 Å². The molecule has 6 heteroatoms. The second kappa shape index (κ2) is 6.30. The summed E-state index contributed by atoms with van der Waals surface area (Å²) in [4.78, 5) is 20.5. The summed E-state index contributed by atoms with van der Waals surface area (Å²) in [5, 5.41) is 12.0. The van der Waals surface area contributed by atoms with Gasteiger partial charge in [0.15, 0.2) is 0 Å². The van der Waals surface area contributed by atoms with Gasteiger partial charge in [0.1, 0.15) is 11.5 Å². The first kappa shape index (κ1) is 15.9. The van der Waals surface area contributed by atoms with E-state index in [0.717, 1.165) is 0 Å². The third-order valence-electron chi connectivity index (χ3n) is 2.68. The van der Waals surface area contributed by atoms with Crippen molar-refractivity contribution in [3.8, 4) is 0 Å². The molecule has 106 valence electrons. The summed E-state index contributed by atoms with van der Waals surface area (Å²) in [7, 11) is 0. The molecule has 1 heterocycles. The van der Waals surface area contributed by atoms with E-state index in [2.05, 4.69) is 15.3 Å². The smallest absolute Gasteiger partial charge is 0.271 e. The first-order chi connectivity index (χ1) is 8.76. The average molecular weight is 286 g/mol. The van der Waals surface area contributed by atoms with Gasteiger partial charge in [-0.2, -0.15) is 0 Å². The van der Waals surface area contributed by atoms with Crippen LogP contribution in [0.15, 0.2) is 6.20 Å². The summed E-state index contributed by atoms with van der Waals surface area (Å²) in [6.07, 6.45) is 1.90. The molecule has 0 aliphatic carbocycles. The SMILES string of the molecule is CC(C)c1ncc(Cl)c(C(=O)NC(C)(C)CCO)n1. The number of aromatic nitrogens is 2. The van der Waals surface area contributed by atoms with Gasteiger partial charge < -0.3 is 10.4 Å². The van der Waals surface area contributed by atoms with E-state index >= 15 is 0 Å². The largest absolute Gasteiger partial charge is 0.396 e. The molecule has 0 aliphatic heterocycles. The number of aliphatic hydroxyl groups is 1. The van der Waals surface area contributed by atoms with Crippen LogP contribution in [0.2, 0.25) is 5.02 Å². The van der Waals surface area contributed by atoms with Gasteiger partial charge >= 0.3 is 0 Å². The van der Waals surface area contributed by atoms with Crippen LogP contribution < -0.4 is 5.32 Å². The van der Waals surface area contributed by atoms with Crippen LogP contribution in [-0.4, -0.2) is 33.1 Å². The number of hydrogen-bond acceptors (Lipinski definition) is 4. The van der Waals surface area contributed by atoms with Crippen molar-refractivity contribution in [2.75, 3.05) is 6.61 Å². The summed E-state index contributed by atoms with van der Waals surface area (Å²) >= 11 is 5.97. The Hall–Kier alpha value is -1.20. The van der Waals surface area contributed by atoms with Crippen LogP contribution in [0.3, 0.4) is 0 Å². The Morgan fingerprint density at radius 3 is 2.68 bits per heavy atom. The summed E-state index contributed by atoms with van der Waals surface area (Å²) in [6.45, 7) is 7.56. The standard InChI is InChI=1S/C13H20ClN3O2/c1-8(2)11-15-7-9(14)10(16-11)12(19)17-13(3,4)5-6-18/h7-8,18H,5-6H2,1-4H3,(H,17,19). The molecule has 0 aromatic carbocycles. The Balaban J connectivity index is 2.96. The van der Waals surface area contributed by atoms with Crippen molar-refractivity contribution in [2.45, 2.75) is 45.6 Å². The highest BCUT2D eigenvalue weighted by atomic mass is 35.5. The fourth-order valence-corrected chi connectivity index (χ4v) is 1.70. The first-order valence-corrected chi connectivity index (χ1v) is 6.60. The number of nitrogens with zero attached hydrogens (tertiary/aromatic N) is 2. The van der Waals surface area contributed by atoms with E-state index in [1.165, 1.54) is 6.20 Å². The van der Waals surface area contributed by atoms with E-state index in [-0.39, 0.29) is 29.1 Å². The molecule has 0 fully saturated rings. The number of carbonyl (C=O) groups excluding carboxylic acids is 1. The zero-order valence-corrected chi connectivity index (χ0v) is 12.5. The van der Waals surface area contributed by atoms with Crippen LogP contribution in [-0.2, 0) is 0 Å². The molecule has 0 atom stereocenters. The van der Waals surface area contributed by atoms with Crippen LogP contribution in [0.25, 0.3) is 0 Å². The highest BCUT2D eigenvalue weighted by molar-refractivity contribution is 6.33. The second-order valence-corrected chi connectivity index (χ2v) is 5.80. The van der Waals surface area contributed by atoms with Crippen molar-refractivity contribution in [3.63, 3.8) is 0 Å². The molecule has 2 N–H and O–H groups in total. The minimum absolute atomic E-state index is 0.00201. The van der Waals surface area contributed by atoms with Gasteiger partial charge in [0.2, 0.25) is 0 Å². The van der Waals surface area contributed by atoms with Crippen molar-refractivity contribution >= 4 is 17.5 Å². The minimum atomic E-state index is -0.516. The molecule has 0 radical (unpaired) electrons. The molecular weight excluding hydrogens is 266 g/mol. The zero-order valence-electron chi connectivity index (χ0n) is 11.7. The summed E-state index contributed by atoms with van der Waals surface area (Å²) in [5.41, 5.74) is -0.343. The van der Waals surface area contributed by atoms with Crippen LogP contribution in [0.1, 0.15) is 56.3 Å². The van der Waals surface area contributed by atoms with Crippen LogP contribution >= 0.6 is 11.6 Å². The van der Waals surface area contributed by atoms with Crippen molar-refractivity contribution < 1.29 is 9.90 Å². The fraction of sp³-hybridized carbons (Fsp3) is 0.615. The molecule has 1 aromatic rings. The lowest BCUT2D eigenvalue weighted by Gasteiger charge is -2.25. The van der Waals surface area contributed by atoms with Gasteiger partial charge in [-0.1, -0.05) is 25.4 Å². The summed E-state index contributed by atoms with van der Waals surface area (Å²) < 4.78 is 0. The Morgan fingerprint density at radius 1 is 1.53 bits per heavy atom. The molecular formula is C13H20ClN3O2. The number of carbonyl (C=O) groups is 1. The molecule has 0 bridgehead atoms. The molecule has 1 rings (SSSR count). The van der Waals surface area contributed by atoms with Gasteiger partial charge in [0, 0.05) is 18.1 Å². The van der Waals surface area contributed by atoms with E-state index in [4.69, 9.17) is 16.7 Å². The molecule has 0 aliphatic rings. The van der Waals surface area contributed by atoms with Gasteiger partial charge in [-0.05, 0) is 20.3 Å². The Morgan fingerprint density at radius 2 is 2.16 bits per heavy atom. The van der Waals surface area contributed by atoms with Crippen LogP contribution in [0.5, 0.6) is 0 Å². The predicted octanol–water partition coefficient (Wildman–Crippen LogP) is 2.14. The van der Waals surface area contributed by atoms with Crippen LogP contribution in [0, 0.1) is 0 Å². The third kappa shape index (κ3) is 4.44. The summed E-state index contributed by atoms with van der Waals surface area (Å²) in [5.74, 6) is 0.344. The van der Waals surface area contributed by atoms with Gasteiger partial charge in [-0.25, -0.2) is 9.97 Å². The maximum Gasteiger partial charge on any atom is 0.271 e. The van der Waals surface area contributed by atoms with Crippen molar-refractivity contribution in [1.82, 2.24) is 15.3 Å². The molecule has 1 aromatic heterocycles. The Kier molecular flexibility index (Phi) is 5.26. The van der Waals surface area contributed by atoms with Crippen LogP contribution in [0.4, 0.5) is 0 Å². The number of rotatable bonds is 5. The lowest BCUT2D eigenvalue weighted by Crippen LogP contribution is -2.44. The first-order valence-electron chi connectivity index (χ1n) is 6.22. The Bertz CT molecular complexity index is 461. The van der Waals surface area contributed by atoms with Gasteiger partial charge in [-0.15, -0.1) is 0 Å². The Labute approximate surface area is 118 Å². The van der Waals surface area contributed by atoms with Gasteiger partial charge in [-0.3, -0.25) is 4.79 Å². The maximum absolute atomic E-state index is 12.2. The number of aliphatic hydroxyl groups excluding tert-OH is 1. The lowest BCUT2D eigenvalue weighted by molar-refractivity contribution is 0.0894. The van der Waals surface area contributed by atoms with E-state index < -0.39 is 5.54 Å². The number of hydrogen-bond donors (Lipinski definition) is 2. The van der Waals surface area contributed by atoms with Crippen molar-refractivity contribution in [3.05, 3.63) is 22.7 Å². The lowest BCUT2D eigenvalue weighted by atomic mass is 10.0. The second-order valence-electron chi connectivity index (χ2n) is 5.39. The normalized spacial score (nSPS) is 11.7. The van der Waals surface area contributed by atoms with E-state index in [9.17, 15) is 4.79 Å². The number of halogens is 1. The van der Waals surface area contributed by atoms with E-state index in [1.54, 1.807) is 0 Å². The molecule has 0 unspecified atom stereocenters. The highest BCUT2D eigenvalue weighted by Gasteiger charge is 2.23. The molecule has 5 nitrogen and oxygen atoms in total. The third-order valence-corrected chi connectivity index (χ3v) is 2.96. The molecule has 0 saturated carbocycles. The average Bonchev–Trinajstić information content (AvgIpc) is 2.28. The predicted molar refractivity (Wildman–Crippen MR) is 74.4 cm³/mol.